The summed E-state index contributed by atoms with van der Waals surface area (Å²) in [6.07, 6.45) is 6.46. The van der Waals surface area contributed by atoms with Crippen molar-refractivity contribution in [2.75, 3.05) is 13.1 Å². The van der Waals surface area contributed by atoms with Gasteiger partial charge in [-0.15, -0.1) is 0 Å². The van der Waals surface area contributed by atoms with Gasteiger partial charge in [-0.05, 0) is 73.0 Å². The molecule has 1 saturated heterocycles. The van der Waals surface area contributed by atoms with Gasteiger partial charge in [0.2, 0.25) is 0 Å². The third kappa shape index (κ3) is 5.91. The van der Waals surface area contributed by atoms with E-state index in [0.29, 0.717) is 23.5 Å². The molecule has 4 rings (SSSR count). The van der Waals surface area contributed by atoms with Gasteiger partial charge in [0.1, 0.15) is 17.7 Å². The number of aromatic nitrogens is 1. The van der Waals surface area contributed by atoms with Crippen molar-refractivity contribution in [2.24, 2.45) is 0 Å². The van der Waals surface area contributed by atoms with Gasteiger partial charge in [-0.25, -0.2) is 8.78 Å². The minimum atomic E-state index is -0.519. The molecular formula is C28H29F2N3. The number of rotatable bonds is 4. The summed E-state index contributed by atoms with van der Waals surface area (Å²) in [5, 5.41) is 12.9. The van der Waals surface area contributed by atoms with Crippen molar-refractivity contribution in [3.8, 4) is 17.3 Å². The Bertz CT molecular complexity index is 1160. The lowest BCUT2D eigenvalue weighted by Gasteiger charge is -2.24. The molecule has 170 valence electrons. The van der Waals surface area contributed by atoms with Crippen molar-refractivity contribution in [1.82, 2.24) is 10.3 Å². The molecule has 1 aliphatic heterocycles. The van der Waals surface area contributed by atoms with Crippen LogP contribution in [0.5, 0.6) is 0 Å². The van der Waals surface area contributed by atoms with Crippen LogP contribution in [0.1, 0.15) is 53.5 Å². The molecule has 1 aliphatic rings. The molecule has 0 bridgehead atoms. The predicted octanol–water partition coefficient (Wildman–Crippen LogP) is 6.57. The number of benzene rings is 2. The molecule has 1 N–H and O–H groups in total. The van der Waals surface area contributed by atoms with E-state index in [-0.39, 0.29) is 0 Å². The van der Waals surface area contributed by atoms with Crippen LogP contribution in [-0.2, 0) is 6.42 Å². The highest BCUT2D eigenvalue weighted by atomic mass is 19.1. The van der Waals surface area contributed by atoms with Gasteiger partial charge in [0.25, 0.3) is 0 Å². The van der Waals surface area contributed by atoms with Crippen LogP contribution in [0.25, 0.3) is 17.3 Å². The molecule has 1 unspecified atom stereocenters. The summed E-state index contributed by atoms with van der Waals surface area (Å²) in [5.74, 6) is -0.589. The minimum Gasteiger partial charge on any atom is -0.316 e. The zero-order valence-electron chi connectivity index (χ0n) is 19.2. The van der Waals surface area contributed by atoms with Crippen molar-refractivity contribution < 1.29 is 8.78 Å². The van der Waals surface area contributed by atoms with Crippen molar-refractivity contribution in [2.45, 2.75) is 39.0 Å². The van der Waals surface area contributed by atoms with Crippen LogP contribution in [0.2, 0.25) is 0 Å². The largest absolute Gasteiger partial charge is 0.316 e. The van der Waals surface area contributed by atoms with E-state index >= 15 is 0 Å². The molecule has 0 amide bonds. The molecule has 5 heteroatoms. The summed E-state index contributed by atoms with van der Waals surface area (Å²) in [6.45, 7) is 9.83. The first kappa shape index (κ1) is 24.3. The molecule has 1 fully saturated rings. The lowest BCUT2D eigenvalue weighted by atomic mass is 9.87. The van der Waals surface area contributed by atoms with Gasteiger partial charge in [0, 0.05) is 24.4 Å². The fraction of sp³-hybridized carbons (Fsp3) is 0.286. The molecule has 33 heavy (non-hydrogen) atoms. The highest BCUT2D eigenvalue weighted by molar-refractivity contribution is 5.76. The highest BCUT2D eigenvalue weighted by Crippen LogP contribution is 2.32. The molecule has 0 aliphatic carbocycles. The number of nitrogens with one attached hydrogen (secondary N) is 1. The summed E-state index contributed by atoms with van der Waals surface area (Å²) in [4.78, 5) is 4.55. The monoisotopic (exact) mass is 445 g/mol. The summed E-state index contributed by atoms with van der Waals surface area (Å²) >= 11 is 0. The zero-order chi connectivity index (χ0) is 23.8. The Morgan fingerprint density at radius 2 is 2.06 bits per heavy atom. The third-order valence-electron chi connectivity index (χ3n) is 5.97. The van der Waals surface area contributed by atoms with Gasteiger partial charge < -0.3 is 5.32 Å². The van der Waals surface area contributed by atoms with E-state index in [2.05, 4.69) is 48.1 Å². The van der Waals surface area contributed by atoms with Crippen LogP contribution in [-0.4, -0.2) is 18.1 Å². The third-order valence-corrected chi connectivity index (χ3v) is 5.97. The predicted molar refractivity (Wildman–Crippen MR) is 130 cm³/mol. The first-order valence-corrected chi connectivity index (χ1v) is 11.3. The number of hydrogen-bond acceptors (Lipinski definition) is 3. The molecule has 3 nitrogen and oxygen atoms in total. The van der Waals surface area contributed by atoms with E-state index in [1.165, 1.54) is 17.7 Å². The van der Waals surface area contributed by atoms with E-state index in [1.807, 2.05) is 19.1 Å². The lowest BCUT2D eigenvalue weighted by molar-refractivity contribution is 0.461. The molecular weight excluding hydrogens is 416 g/mol. The molecule has 2 aromatic carbocycles. The van der Waals surface area contributed by atoms with Crippen LogP contribution in [0, 0.1) is 29.9 Å². The van der Waals surface area contributed by atoms with Crippen molar-refractivity contribution in [3.63, 3.8) is 0 Å². The molecule has 1 aromatic heterocycles. The Morgan fingerprint density at radius 3 is 2.70 bits per heavy atom. The molecule has 2 heterocycles. The van der Waals surface area contributed by atoms with E-state index in [9.17, 15) is 14.0 Å². The second-order valence-corrected chi connectivity index (χ2v) is 8.14. The lowest BCUT2D eigenvalue weighted by Crippen LogP contribution is -2.28. The van der Waals surface area contributed by atoms with Crippen molar-refractivity contribution in [3.05, 3.63) is 94.7 Å². The molecule has 0 saturated carbocycles. The van der Waals surface area contributed by atoms with Gasteiger partial charge in [-0.2, -0.15) is 5.26 Å². The number of aryl methyl sites for hydroxylation is 2. The van der Waals surface area contributed by atoms with Crippen LogP contribution in [0.4, 0.5) is 8.78 Å². The van der Waals surface area contributed by atoms with E-state index < -0.39 is 11.6 Å². The topological polar surface area (TPSA) is 48.7 Å². The molecule has 0 radical (unpaired) electrons. The van der Waals surface area contributed by atoms with Gasteiger partial charge >= 0.3 is 0 Å². The normalized spacial score (nSPS) is 15.2. The standard InChI is InChI=1S/C20H21N3.C8H8F2/c1-3-15-7-4-6-14(2)20(15)19-10-18(17(11-21)13-23-19)16-8-5-9-22-12-16;1-2-6-3-4-7(9)5-8(6)10/h3-4,6-7,10,13,16,22H,1,5,8-9,12H2,2H3;3-5H,2H2,1H3. The van der Waals surface area contributed by atoms with Gasteiger partial charge in [0.15, 0.2) is 0 Å². The quantitative estimate of drug-likeness (QED) is 0.494. The molecule has 0 spiro atoms. The van der Waals surface area contributed by atoms with Crippen LogP contribution >= 0.6 is 0 Å². The highest BCUT2D eigenvalue weighted by Gasteiger charge is 2.20. The number of nitriles is 1. The maximum atomic E-state index is 12.6. The summed E-state index contributed by atoms with van der Waals surface area (Å²) in [7, 11) is 0. The number of pyridine rings is 1. The minimum absolute atomic E-state index is 0.386. The zero-order valence-corrected chi connectivity index (χ0v) is 19.2. The fourth-order valence-electron chi connectivity index (χ4n) is 4.17. The number of hydrogen-bond donors (Lipinski definition) is 1. The Labute approximate surface area is 194 Å². The fourth-order valence-corrected chi connectivity index (χ4v) is 4.17. The summed E-state index contributed by atoms with van der Waals surface area (Å²) < 4.78 is 24.9. The average Bonchev–Trinajstić information content (AvgIpc) is 2.84. The van der Waals surface area contributed by atoms with Gasteiger partial charge in [-0.1, -0.05) is 43.8 Å². The summed E-state index contributed by atoms with van der Waals surface area (Å²) in [6, 6.07) is 14.2. The van der Waals surface area contributed by atoms with Gasteiger partial charge in [0.05, 0.1) is 11.3 Å². The smallest absolute Gasteiger partial charge is 0.129 e. The SMILES string of the molecule is C=Cc1cccc(C)c1-c1cc(C2CCCNC2)c(C#N)cn1.CCc1ccc(F)cc1F. The Balaban J connectivity index is 0.000000257. The van der Waals surface area contributed by atoms with Crippen LogP contribution in [0.3, 0.4) is 0 Å². The van der Waals surface area contributed by atoms with E-state index in [1.54, 1.807) is 6.20 Å². The first-order valence-electron chi connectivity index (χ1n) is 11.3. The Kier molecular flexibility index (Phi) is 8.46. The second-order valence-electron chi connectivity index (χ2n) is 8.14. The molecule has 3 aromatic rings. The Hall–Kier alpha value is -3.36. The average molecular weight is 446 g/mol. The first-order chi connectivity index (χ1) is 16.0. The maximum absolute atomic E-state index is 12.6. The number of halogens is 2. The van der Waals surface area contributed by atoms with Crippen LogP contribution in [0.15, 0.2) is 55.2 Å². The van der Waals surface area contributed by atoms with Crippen molar-refractivity contribution in [1.29, 1.82) is 5.26 Å². The summed E-state index contributed by atoms with van der Waals surface area (Å²) in [5.41, 5.74) is 6.65. The number of piperidine rings is 1. The number of nitrogens with zero attached hydrogens (tertiary/aromatic N) is 2. The van der Waals surface area contributed by atoms with Gasteiger partial charge in [-0.3, -0.25) is 4.98 Å². The maximum Gasteiger partial charge on any atom is 0.129 e. The molecule has 1 atom stereocenters. The van der Waals surface area contributed by atoms with Crippen molar-refractivity contribution >= 4 is 6.08 Å². The van der Waals surface area contributed by atoms with Crippen LogP contribution < -0.4 is 5.32 Å². The van der Waals surface area contributed by atoms with E-state index in [4.69, 9.17) is 0 Å². The Morgan fingerprint density at radius 1 is 1.24 bits per heavy atom. The second kappa shape index (κ2) is 11.5. The van der Waals surface area contributed by atoms with E-state index in [0.717, 1.165) is 54.4 Å².